The summed E-state index contributed by atoms with van der Waals surface area (Å²) in [7, 11) is 0. The van der Waals surface area contributed by atoms with E-state index in [0.717, 1.165) is 12.8 Å². The number of aliphatic hydroxyl groups is 2. The molecule has 1 rings (SSSR count). The number of amides is 1. The Morgan fingerprint density at radius 2 is 2.00 bits per heavy atom. The molecule has 1 aliphatic carbocycles. The molecule has 0 spiro atoms. The molecule has 1 amide bonds. The van der Waals surface area contributed by atoms with Gasteiger partial charge in [0.25, 0.3) is 0 Å². The third kappa shape index (κ3) is 2.96. The summed E-state index contributed by atoms with van der Waals surface area (Å²) in [5.41, 5.74) is -0.874. The summed E-state index contributed by atoms with van der Waals surface area (Å²) in [6.07, 6.45) is 4.00. The molecule has 0 unspecified atom stereocenters. The van der Waals surface area contributed by atoms with Gasteiger partial charge in [0.2, 0.25) is 5.91 Å². The molecule has 82 valence electrons. The maximum Gasteiger partial charge on any atom is 0.220 e. The molecule has 0 aliphatic heterocycles. The van der Waals surface area contributed by atoms with Gasteiger partial charge in [-0.15, -0.1) is 0 Å². The van der Waals surface area contributed by atoms with Crippen molar-refractivity contribution in [1.82, 2.24) is 5.32 Å². The number of aliphatic hydroxyl groups excluding tert-OH is 2. The minimum absolute atomic E-state index is 0.0692. The highest BCUT2D eigenvalue weighted by Crippen LogP contribution is 2.29. The number of rotatable bonds is 5. The summed E-state index contributed by atoms with van der Waals surface area (Å²) in [6, 6.07) is 0. The highest BCUT2D eigenvalue weighted by atomic mass is 16.3. The molecule has 0 aromatic rings. The Morgan fingerprint density at radius 3 is 2.36 bits per heavy atom. The van der Waals surface area contributed by atoms with Crippen molar-refractivity contribution >= 4 is 5.91 Å². The van der Waals surface area contributed by atoms with Gasteiger partial charge in [-0.3, -0.25) is 4.79 Å². The number of hydrogen-bond donors (Lipinski definition) is 3. The average Bonchev–Trinajstić information content (AvgIpc) is 2.11. The zero-order chi connectivity index (χ0) is 10.6. The topological polar surface area (TPSA) is 69.6 Å². The van der Waals surface area contributed by atoms with Gasteiger partial charge in [0.05, 0.1) is 18.8 Å². The molecular weight excluding hydrogens is 182 g/mol. The second-order valence-corrected chi connectivity index (χ2v) is 4.43. The third-order valence-electron chi connectivity index (χ3n) is 2.84. The van der Waals surface area contributed by atoms with Crippen LogP contribution < -0.4 is 5.32 Å². The molecule has 0 radical (unpaired) electrons. The Balaban J connectivity index is 2.30. The highest BCUT2D eigenvalue weighted by Gasteiger charge is 2.27. The number of carbonyl (C=O) groups excluding carboxylic acids is 1. The summed E-state index contributed by atoms with van der Waals surface area (Å²) in [6.45, 7) is 1.16. The molecule has 0 saturated heterocycles. The molecular formula is C10H19NO3. The molecule has 14 heavy (non-hydrogen) atoms. The van der Waals surface area contributed by atoms with Crippen LogP contribution in [0.5, 0.6) is 0 Å². The fraction of sp³-hybridized carbons (Fsp3) is 0.900. The Hall–Kier alpha value is -0.610. The van der Waals surface area contributed by atoms with Gasteiger partial charge in [-0.1, -0.05) is 6.42 Å². The minimum Gasteiger partial charge on any atom is -0.394 e. The summed E-state index contributed by atoms with van der Waals surface area (Å²) in [4.78, 5) is 11.4. The van der Waals surface area contributed by atoms with Crippen LogP contribution in [0, 0.1) is 5.92 Å². The lowest BCUT2D eigenvalue weighted by molar-refractivity contribution is -0.125. The SMILES string of the molecule is CC(CO)(CO)NC(=O)CC1CCC1. The smallest absolute Gasteiger partial charge is 0.220 e. The van der Waals surface area contributed by atoms with Crippen molar-refractivity contribution in [3.05, 3.63) is 0 Å². The number of carbonyl (C=O) groups is 1. The van der Waals surface area contributed by atoms with E-state index < -0.39 is 5.54 Å². The quantitative estimate of drug-likeness (QED) is 0.588. The number of nitrogens with one attached hydrogen (secondary N) is 1. The second-order valence-electron chi connectivity index (χ2n) is 4.43. The van der Waals surface area contributed by atoms with Crippen molar-refractivity contribution < 1.29 is 15.0 Å². The van der Waals surface area contributed by atoms with E-state index in [4.69, 9.17) is 10.2 Å². The molecule has 4 nitrogen and oxygen atoms in total. The van der Waals surface area contributed by atoms with Crippen LogP contribution in [0.3, 0.4) is 0 Å². The van der Waals surface area contributed by atoms with Gasteiger partial charge in [0.15, 0.2) is 0 Å². The Labute approximate surface area is 84.3 Å². The van der Waals surface area contributed by atoms with Gasteiger partial charge < -0.3 is 15.5 Å². The van der Waals surface area contributed by atoms with Crippen LogP contribution in [0.15, 0.2) is 0 Å². The van der Waals surface area contributed by atoms with Crippen molar-refractivity contribution in [1.29, 1.82) is 0 Å². The van der Waals surface area contributed by atoms with Gasteiger partial charge in [0, 0.05) is 6.42 Å². The maximum absolute atomic E-state index is 11.4. The van der Waals surface area contributed by atoms with E-state index in [1.165, 1.54) is 6.42 Å². The fourth-order valence-corrected chi connectivity index (χ4v) is 1.48. The van der Waals surface area contributed by atoms with E-state index in [1.807, 2.05) is 0 Å². The predicted molar refractivity (Wildman–Crippen MR) is 52.7 cm³/mol. The standard InChI is InChI=1S/C10H19NO3/c1-10(6-12,7-13)11-9(14)5-8-3-2-4-8/h8,12-13H,2-7H2,1H3,(H,11,14). The van der Waals surface area contributed by atoms with Crippen molar-refractivity contribution in [3.8, 4) is 0 Å². The van der Waals surface area contributed by atoms with Gasteiger partial charge in [-0.2, -0.15) is 0 Å². The van der Waals surface area contributed by atoms with Crippen LogP contribution in [0.1, 0.15) is 32.6 Å². The lowest BCUT2D eigenvalue weighted by Gasteiger charge is -2.29. The van der Waals surface area contributed by atoms with Crippen LogP contribution in [-0.4, -0.2) is 34.9 Å². The van der Waals surface area contributed by atoms with Crippen molar-refractivity contribution in [2.75, 3.05) is 13.2 Å². The fourth-order valence-electron chi connectivity index (χ4n) is 1.48. The zero-order valence-electron chi connectivity index (χ0n) is 8.62. The Bertz CT molecular complexity index is 198. The molecule has 0 bridgehead atoms. The van der Waals surface area contributed by atoms with Gasteiger partial charge in [-0.05, 0) is 25.7 Å². The van der Waals surface area contributed by atoms with E-state index in [2.05, 4.69) is 5.32 Å². The van der Waals surface area contributed by atoms with Gasteiger partial charge >= 0.3 is 0 Å². The third-order valence-corrected chi connectivity index (χ3v) is 2.84. The minimum atomic E-state index is -0.874. The van der Waals surface area contributed by atoms with E-state index in [1.54, 1.807) is 6.92 Å². The first-order chi connectivity index (χ1) is 6.59. The van der Waals surface area contributed by atoms with Crippen LogP contribution in [0.25, 0.3) is 0 Å². The zero-order valence-corrected chi connectivity index (χ0v) is 8.62. The molecule has 0 atom stereocenters. The summed E-state index contributed by atoms with van der Waals surface area (Å²) < 4.78 is 0. The molecule has 0 heterocycles. The summed E-state index contributed by atoms with van der Waals surface area (Å²) >= 11 is 0. The van der Waals surface area contributed by atoms with Gasteiger partial charge in [0.1, 0.15) is 0 Å². The van der Waals surface area contributed by atoms with Crippen LogP contribution in [-0.2, 0) is 4.79 Å². The molecule has 4 heteroatoms. The van der Waals surface area contributed by atoms with Crippen LogP contribution in [0.2, 0.25) is 0 Å². The summed E-state index contributed by atoms with van der Waals surface area (Å²) in [5.74, 6) is 0.442. The van der Waals surface area contributed by atoms with Crippen molar-refractivity contribution in [2.45, 2.75) is 38.1 Å². The molecule has 1 fully saturated rings. The van der Waals surface area contributed by atoms with E-state index in [-0.39, 0.29) is 19.1 Å². The highest BCUT2D eigenvalue weighted by molar-refractivity contribution is 5.77. The lowest BCUT2D eigenvalue weighted by atomic mass is 9.82. The molecule has 0 aromatic carbocycles. The summed E-state index contributed by atoms with van der Waals surface area (Å²) in [5, 5.41) is 20.6. The van der Waals surface area contributed by atoms with Crippen LogP contribution >= 0.6 is 0 Å². The molecule has 1 saturated carbocycles. The van der Waals surface area contributed by atoms with Crippen molar-refractivity contribution in [3.63, 3.8) is 0 Å². The first-order valence-corrected chi connectivity index (χ1v) is 5.12. The van der Waals surface area contributed by atoms with Gasteiger partial charge in [-0.25, -0.2) is 0 Å². The number of hydrogen-bond acceptors (Lipinski definition) is 3. The van der Waals surface area contributed by atoms with Crippen molar-refractivity contribution in [2.24, 2.45) is 5.92 Å². The normalized spacial score (nSPS) is 17.6. The predicted octanol–water partition coefficient (Wildman–Crippen LogP) is 0.0361. The van der Waals surface area contributed by atoms with E-state index in [9.17, 15) is 4.79 Å². The van der Waals surface area contributed by atoms with E-state index >= 15 is 0 Å². The second kappa shape index (κ2) is 4.75. The van der Waals surface area contributed by atoms with E-state index in [0.29, 0.717) is 12.3 Å². The lowest BCUT2D eigenvalue weighted by Crippen LogP contribution is -2.52. The monoisotopic (exact) mass is 201 g/mol. The average molecular weight is 201 g/mol. The molecule has 0 aromatic heterocycles. The van der Waals surface area contributed by atoms with Crippen LogP contribution in [0.4, 0.5) is 0 Å². The molecule has 1 aliphatic rings. The first-order valence-electron chi connectivity index (χ1n) is 5.12. The largest absolute Gasteiger partial charge is 0.394 e. The Kier molecular flexibility index (Phi) is 3.89. The molecule has 3 N–H and O–H groups in total. The first kappa shape index (κ1) is 11.5. The maximum atomic E-state index is 11.4. The Morgan fingerprint density at radius 1 is 1.43 bits per heavy atom.